The van der Waals surface area contributed by atoms with Crippen LogP contribution in [0.25, 0.3) is 0 Å². The number of nitrogens with one attached hydrogen (secondary N) is 1. The summed E-state index contributed by atoms with van der Waals surface area (Å²) in [7, 11) is -0.326. The van der Waals surface area contributed by atoms with Crippen LogP contribution in [-0.4, -0.2) is 45.0 Å². The number of carbonyl (C=O) groups is 1. The summed E-state index contributed by atoms with van der Waals surface area (Å²) in [4.78, 5) is 12.1. The van der Waals surface area contributed by atoms with Crippen molar-refractivity contribution >= 4 is 43.2 Å². The lowest BCUT2D eigenvalue weighted by atomic mass is 10.4. The van der Waals surface area contributed by atoms with Gasteiger partial charge < -0.3 is 5.32 Å². The fourth-order valence-electron chi connectivity index (χ4n) is 1.000. The lowest BCUT2D eigenvalue weighted by Crippen LogP contribution is -2.33. The minimum atomic E-state index is -3.26. The molecule has 5 nitrogen and oxygen atoms in total. The van der Waals surface area contributed by atoms with Crippen molar-refractivity contribution in [1.29, 1.82) is 0 Å². The lowest BCUT2D eigenvalue weighted by molar-refractivity contribution is 0.0960. The second-order valence-corrected chi connectivity index (χ2v) is 8.22. The first-order chi connectivity index (χ1) is 7.83. The minimum Gasteiger partial charge on any atom is -0.350 e. The number of halogens is 1. The summed E-state index contributed by atoms with van der Waals surface area (Å²) >= 11 is 4.56. The molecule has 1 aromatic rings. The van der Waals surface area contributed by atoms with Crippen molar-refractivity contribution < 1.29 is 13.2 Å². The maximum Gasteiger partial charge on any atom is 0.261 e. The van der Waals surface area contributed by atoms with Crippen molar-refractivity contribution in [3.63, 3.8) is 0 Å². The van der Waals surface area contributed by atoms with Crippen molar-refractivity contribution in [3.8, 4) is 0 Å². The highest BCUT2D eigenvalue weighted by atomic mass is 79.9. The SMILES string of the molecule is CN(C)S(=O)(=O)CCNC(=O)c1ccc(Br)s1. The largest absolute Gasteiger partial charge is 0.350 e. The third kappa shape index (κ3) is 4.38. The van der Waals surface area contributed by atoms with E-state index in [1.807, 2.05) is 0 Å². The Morgan fingerprint density at radius 1 is 1.47 bits per heavy atom. The third-order valence-electron chi connectivity index (χ3n) is 2.00. The summed E-state index contributed by atoms with van der Waals surface area (Å²) < 4.78 is 24.8. The first-order valence-corrected chi connectivity index (χ1v) is 7.98. The Morgan fingerprint density at radius 3 is 2.59 bits per heavy atom. The topological polar surface area (TPSA) is 66.5 Å². The number of carbonyl (C=O) groups excluding carboxylic acids is 1. The molecule has 96 valence electrons. The molecule has 0 aliphatic heterocycles. The van der Waals surface area contributed by atoms with E-state index in [4.69, 9.17) is 0 Å². The molecule has 0 aliphatic rings. The molecule has 1 amide bonds. The van der Waals surface area contributed by atoms with Gasteiger partial charge in [-0.15, -0.1) is 11.3 Å². The molecule has 17 heavy (non-hydrogen) atoms. The number of hydrogen-bond donors (Lipinski definition) is 1. The van der Waals surface area contributed by atoms with Crippen molar-refractivity contribution in [2.45, 2.75) is 0 Å². The summed E-state index contributed by atoms with van der Waals surface area (Å²) in [6, 6.07) is 3.46. The summed E-state index contributed by atoms with van der Waals surface area (Å²) in [6.45, 7) is 0.106. The molecule has 0 atom stereocenters. The van der Waals surface area contributed by atoms with Crippen LogP contribution >= 0.6 is 27.3 Å². The van der Waals surface area contributed by atoms with Crippen LogP contribution < -0.4 is 5.32 Å². The minimum absolute atomic E-state index is 0.0989. The third-order valence-corrected chi connectivity index (χ3v) is 5.45. The zero-order chi connectivity index (χ0) is 13.1. The van der Waals surface area contributed by atoms with Crippen molar-refractivity contribution in [1.82, 2.24) is 9.62 Å². The predicted molar refractivity (Wildman–Crippen MR) is 71.8 cm³/mol. The van der Waals surface area contributed by atoms with Gasteiger partial charge >= 0.3 is 0 Å². The van der Waals surface area contributed by atoms with Crippen LogP contribution in [0.2, 0.25) is 0 Å². The van der Waals surface area contributed by atoms with Crippen LogP contribution in [0.15, 0.2) is 15.9 Å². The van der Waals surface area contributed by atoms with Gasteiger partial charge in [-0.25, -0.2) is 12.7 Å². The molecule has 1 rings (SSSR count). The van der Waals surface area contributed by atoms with Crippen molar-refractivity contribution in [3.05, 3.63) is 20.8 Å². The zero-order valence-electron chi connectivity index (χ0n) is 9.44. The Labute approximate surface area is 113 Å². The number of hydrogen-bond acceptors (Lipinski definition) is 4. The highest BCUT2D eigenvalue weighted by Crippen LogP contribution is 2.21. The lowest BCUT2D eigenvalue weighted by Gasteiger charge is -2.11. The molecule has 0 spiro atoms. The Morgan fingerprint density at radius 2 is 2.12 bits per heavy atom. The maximum absolute atomic E-state index is 11.6. The van der Waals surface area contributed by atoms with E-state index in [9.17, 15) is 13.2 Å². The summed E-state index contributed by atoms with van der Waals surface area (Å²) in [5.41, 5.74) is 0. The van der Waals surface area contributed by atoms with Gasteiger partial charge in [0.05, 0.1) is 14.4 Å². The van der Waals surface area contributed by atoms with E-state index >= 15 is 0 Å². The van der Waals surface area contributed by atoms with E-state index in [0.29, 0.717) is 4.88 Å². The van der Waals surface area contributed by atoms with E-state index in [1.165, 1.54) is 25.4 Å². The highest BCUT2D eigenvalue weighted by Gasteiger charge is 2.14. The highest BCUT2D eigenvalue weighted by molar-refractivity contribution is 9.11. The average molecular weight is 341 g/mol. The van der Waals surface area contributed by atoms with Crippen LogP contribution in [0.1, 0.15) is 9.67 Å². The molecule has 0 saturated heterocycles. The maximum atomic E-state index is 11.6. The monoisotopic (exact) mass is 340 g/mol. The molecule has 0 aromatic carbocycles. The van der Waals surface area contributed by atoms with E-state index in [-0.39, 0.29) is 18.2 Å². The van der Waals surface area contributed by atoms with Crippen LogP contribution in [-0.2, 0) is 10.0 Å². The molecule has 0 saturated carbocycles. The van der Waals surface area contributed by atoms with Crippen molar-refractivity contribution in [2.75, 3.05) is 26.4 Å². The molecule has 0 unspecified atom stereocenters. The van der Waals surface area contributed by atoms with E-state index < -0.39 is 10.0 Å². The predicted octanol–water partition coefficient (Wildman–Crippen LogP) is 1.13. The van der Waals surface area contributed by atoms with Gasteiger partial charge in [0.15, 0.2) is 0 Å². The molecule has 0 radical (unpaired) electrons. The zero-order valence-corrected chi connectivity index (χ0v) is 12.7. The number of sulfonamides is 1. The van der Waals surface area contributed by atoms with Gasteiger partial charge in [0.25, 0.3) is 5.91 Å². The molecular weight excluding hydrogens is 328 g/mol. The van der Waals surface area contributed by atoms with E-state index in [2.05, 4.69) is 21.2 Å². The Bertz CT molecular complexity index is 496. The van der Waals surface area contributed by atoms with Gasteiger partial charge in [-0.05, 0) is 28.1 Å². The molecular formula is C9H13BrN2O3S2. The fourth-order valence-corrected chi connectivity index (χ4v) is 3.03. The van der Waals surface area contributed by atoms with Gasteiger partial charge in [0.2, 0.25) is 10.0 Å². The quantitative estimate of drug-likeness (QED) is 0.873. The first-order valence-electron chi connectivity index (χ1n) is 4.76. The fraction of sp³-hybridized carbons (Fsp3) is 0.444. The molecule has 8 heteroatoms. The van der Waals surface area contributed by atoms with Crippen LogP contribution in [0.4, 0.5) is 0 Å². The second kappa shape index (κ2) is 5.94. The normalized spacial score (nSPS) is 11.8. The second-order valence-electron chi connectivity index (χ2n) is 3.46. The Hall–Kier alpha value is -0.440. The number of rotatable bonds is 5. The molecule has 0 bridgehead atoms. The van der Waals surface area contributed by atoms with Gasteiger partial charge in [0, 0.05) is 20.6 Å². The Kier molecular flexibility index (Phi) is 5.11. The number of amides is 1. The average Bonchev–Trinajstić information content (AvgIpc) is 2.64. The smallest absolute Gasteiger partial charge is 0.261 e. The van der Waals surface area contributed by atoms with Gasteiger partial charge in [-0.3, -0.25) is 4.79 Å². The summed E-state index contributed by atoms with van der Waals surface area (Å²) in [5, 5.41) is 2.57. The molecule has 1 N–H and O–H groups in total. The number of thiophene rings is 1. The first kappa shape index (κ1) is 14.6. The molecule has 1 heterocycles. The molecule has 1 aromatic heterocycles. The van der Waals surface area contributed by atoms with E-state index in [0.717, 1.165) is 8.09 Å². The summed E-state index contributed by atoms with van der Waals surface area (Å²) in [5.74, 6) is -0.354. The van der Waals surface area contributed by atoms with Crippen LogP contribution in [0.5, 0.6) is 0 Å². The van der Waals surface area contributed by atoms with Crippen LogP contribution in [0, 0.1) is 0 Å². The van der Waals surface area contributed by atoms with Crippen LogP contribution in [0.3, 0.4) is 0 Å². The summed E-state index contributed by atoms with van der Waals surface area (Å²) in [6.07, 6.45) is 0. The van der Waals surface area contributed by atoms with Gasteiger partial charge in [0.1, 0.15) is 0 Å². The van der Waals surface area contributed by atoms with Gasteiger partial charge in [-0.1, -0.05) is 0 Å². The standard InChI is InChI=1S/C9H13BrN2O3S2/c1-12(2)17(14,15)6-5-11-9(13)7-3-4-8(10)16-7/h3-4H,5-6H2,1-2H3,(H,11,13). The van der Waals surface area contributed by atoms with E-state index in [1.54, 1.807) is 12.1 Å². The van der Waals surface area contributed by atoms with Crippen molar-refractivity contribution in [2.24, 2.45) is 0 Å². The molecule has 0 aliphatic carbocycles. The Balaban J connectivity index is 2.45. The number of nitrogens with zero attached hydrogens (tertiary/aromatic N) is 1. The van der Waals surface area contributed by atoms with Gasteiger partial charge in [-0.2, -0.15) is 0 Å². The molecule has 0 fully saturated rings.